The summed E-state index contributed by atoms with van der Waals surface area (Å²) in [6.07, 6.45) is 9.21. The van der Waals surface area contributed by atoms with Crippen LogP contribution < -0.4 is 5.32 Å². The molecule has 2 heterocycles. The second kappa shape index (κ2) is 9.50. The van der Waals surface area contributed by atoms with Gasteiger partial charge in [0, 0.05) is 31.5 Å². The number of aromatic nitrogens is 2. The first-order valence-corrected chi connectivity index (χ1v) is 9.33. The SMILES string of the molecule is COC(=O)c1ccc(CN2CCC(NCCCn3ccnc3)CC2)cc1. The molecule has 0 aliphatic carbocycles. The molecule has 1 fully saturated rings. The topological polar surface area (TPSA) is 59.4 Å². The van der Waals surface area contributed by atoms with Gasteiger partial charge in [-0.3, -0.25) is 4.90 Å². The van der Waals surface area contributed by atoms with Gasteiger partial charge in [-0.15, -0.1) is 0 Å². The quantitative estimate of drug-likeness (QED) is 0.581. The van der Waals surface area contributed by atoms with Gasteiger partial charge < -0.3 is 14.6 Å². The largest absolute Gasteiger partial charge is 0.465 e. The van der Waals surface area contributed by atoms with Crippen LogP contribution in [0.4, 0.5) is 0 Å². The summed E-state index contributed by atoms with van der Waals surface area (Å²) in [5.74, 6) is -0.281. The Morgan fingerprint density at radius 3 is 2.69 bits per heavy atom. The zero-order chi connectivity index (χ0) is 18.2. The van der Waals surface area contributed by atoms with Crippen LogP contribution in [-0.4, -0.2) is 53.2 Å². The minimum Gasteiger partial charge on any atom is -0.465 e. The molecule has 0 saturated carbocycles. The van der Waals surface area contributed by atoms with Crippen molar-refractivity contribution >= 4 is 5.97 Å². The first-order chi connectivity index (χ1) is 12.7. The van der Waals surface area contributed by atoms with Crippen LogP contribution in [-0.2, 0) is 17.8 Å². The maximum absolute atomic E-state index is 11.5. The number of carbonyl (C=O) groups excluding carboxylic acids is 1. The highest BCUT2D eigenvalue weighted by atomic mass is 16.5. The summed E-state index contributed by atoms with van der Waals surface area (Å²) in [5.41, 5.74) is 1.85. The maximum Gasteiger partial charge on any atom is 0.337 e. The van der Waals surface area contributed by atoms with Crippen molar-refractivity contribution in [3.63, 3.8) is 0 Å². The molecule has 6 nitrogen and oxygen atoms in total. The summed E-state index contributed by atoms with van der Waals surface area (Å²) in [5, 5.41) is 3.68. The molecule has 1 aliphatic heterocycles. The number of rotatable bonds is 8. The van der Waals surface area contributed by atoms with E-state index in [1.807, 2.05) is 43.0 Å². The molecular weight excluding hydrogens is 328 g/mol. The highest BCUT2D eigenvalue weighted by Gasteiger charge is 2.18. The second-order valence-electron chi connectivity index (χ2n) is 6.85. The first kappa shape index (κ1) is 18.6. The number of aryl methyl sites for hydroxylation is 1. The van der Waals surface area contributed by atoms with Gasteiger partial charge >= 0.3 is 5.97 Å². The summed E-state index contributed by atoms with van der Waals surface area (Å²) >= 11 is 0. The van der Waals surface area contributed by atoms with Crippen molar-refractivity contribution < 1.29 is 9.53 Å². The van der Waals surface area contributed by atoms with Gasteiger partial charge in [0.2, 0.25) is 0 Å². The Bertz CT molecular complexity index is 662. The Morgan fingerprint density at radius 1 is 1.27 bits per heavy atom. The number of piperidine rings is 1. The zero-order valence-corrected chi connectivity index (χ0v) is 15.4. The van der Waals surface area contributed by atoms with Crippen molar-refractivity contribution in [2.24, 2.45) is 0 Å². The summed E-state index contributed by atoms with van der Waals surface area (Å²) in [4.78, 5) is 18.0. The van der Waals surface area contributed by atoms with E-state index in [9.17, 15) is 4.79 Å². The zero-order valence-electron chi connectivity index (χ0n) is 15.4. The minimum atomic E-state index is -0.281. The predicted octanol–water partition coefficient (Wildman–Crippen LogP) is 2.31. The van der Waals surface area contributed by atoms with Crippen LogP contribution in [0.5, 0.6) is 0 Å². The molecule has 1 aromatic heterocycles. The summed E-state index contributed by atoms with van der Waals surface area (Å²) < 4.78 is 6.86. The minimum absolute atomic E-state index is 0.281. The molecule has 1 aliphatic rings. The number of hydrogen-bond acceptors (Lipinski definition) is 5. The van der Waals surface area contributed by atoms with E-state index in [4.69, 9.17) is 4.74 Å². The van der Waals surface area contributed by atoms with Gasteiger partial charge in [-0.1, -0.05) is 12.1 Å². The van der Waals surface area contributed by atoms with Crippen molar-refractivity contribution in [2.75, 3.05) is 26.7 Å². The molecule has 0 bridgehead atoms. The van der Waals surface area contributed by atoms with Crippen LogP contribution in [0.2, 0.25) is 0 Å². The molecule has 1 aromatic carbocycles. The number of methoxy groups -OCH3 is 1. The maximum atomic E-state index is 11.5. The Labute approximate surface area is 155 Å². The van der Waals surface area contributed by atoms with Crippen LogP contribution in [0, 0.1) is 0 Å². The van der Waals surface area contributed by atoms with E-state index in [1.165, 1.54) is 25.5 Å². The number of likely N-dealkylation sites (tertiary alicyclic amines) is 1. The lowest BCUT2D eigenvalue weighted by molar-refractivity contribution is 0.0600. The van der Waals surface area contributed by atoms with E-state index in [-0.39, 0.29) is 5.97 Å². The fraction of sp³-hybridized carbons (Fsp3) is 0.500. The standard InChI is InChI=1S/C20H28N4O2/c1-26-20(25)18-5-3-17(4-6-18)15-23-12-7-19(8-13-23)22-9-2-11-24-14-10-21-16-24/h3-6,10,14,16,19,22H,2,7-9,11-13,15H2,1H3. The molecule has 0 amide bonds. The Kier molecular flexibility index (Phi) is 6.80. The second-order valence-corrected chi connectivity index (χ2v) is 6.85. The molecule has 1 saturated heterocycles. The third-order valence-corrected chi connectivity index (χ3v) is 4.95. The molecule has 26 heavy (non-hydrogen) atoms. The number of esters is 1. The van der Waals surface area contributed by atoms with Crippen molar-refractivity contribution in [1.29, 1.82) is 0 Å². The summed E-state index contributed by atoms with van der Waals surface area (Å²) in [6.45, 7) is 5.23. The van der Waals surface area contributed by atoms with Crippen molar-refractivity contribution in [1.82, 2.24) is 19.8 Å². The van der Waals surface area contributed by atoms with Crippen LogP contribution >= 0.6 is 0 Å². The van der Waals surface area contributed by atoms with E-state index in [1.54, 1.807) is 0 Å². The van der Waals surface area contributed by atoms with E-state index >= 15 is 0 Å². The van der Waals surface area contributed by atoms with Crippen LogP contribution in [0.1, 0.15) is 35.2 Å². The normalized spacial score (nSPS) is 15.9. The van der Waals surface area contributed by atoms with E-state index in [0.29, 0.717) is 11.6 Å². The van der Waals surface area contributed by atoms with Crippen molar-refractivity contribution in [3.05, 3.63) is 54.1 Å². The first-order valence-electron chi connectivity index (χ1n) is 9.33. The fourth-order valence-electron chi connectivity index (χ4n) is 3.40. The highest BCUT2D eigenvalue weighted by Crippen LogP contribution is 2.15. The van der Waals surface area contributed by atoms with Crippen molar-refractivity contribution in [2.45, 2.75) is 38.4 Å². The number of carbonyl (C=O) groups is 1. The molecule has 2 aromatic rings. The average molecular weight is 356 g/mol. The number of nitrogens with one attached hydrogen (secondary N) is 1. The van der Waals surface area contributed by atoms with Gasteiger partial charge in [0.15, 0.2) is 0 Å². The number of ether oxygens (including phenoxy) is 1. The lowest BCUT2D eigenvalue weighted by Gasteiger charge is -2.32. The van der Waals surface area contributed by atoms with Crippen LogP contribution in [0.3, 0.4) is 0 Å². The lowest BCUT2D eigenvalue weighted by atomic mass is 10.0. The molecule has 3 rings (SSSR count). The number of nitrogens with zero attached hydrogens (tertiary/aromatic N) is 3. The summed E-state index contributed by atoms with van der Waals surface area (Å²) in [7, 11) is 1.41. The third-order valence-electron chi connectivity index (χ3n) is 4.95. The Hall–Kier alpha value is -2.18. The smallest absolute Gasteiger partial charge is 0.337 e. The molecular formula is C20H28N4O2. The third kappa shape index (κ3) is 5.41. The average Bonchev–Trinajstić information content (AvgIpc) is 3.20. The van der Waals surface area contributed by atoms with E-state index in [2.05, 4.69) is 19.8 Å². The predicted molar refractivity (Wildman–Crippen MR) is 101 cm³/mol. The van der Waals surface area contributed by atoms with Crippen molar-refractivity contribution in [3.8, 4) is 0 Å². The number of hydrogen-bond donors (Lipinski definition) is 1. The molecule has 140 valence electrons. The number of imidazole rings is 1. The summed E-state index contributed by atoms with van der Waals surface area (Å²) in [6, 6.07) is 8.35. The Balaban J connectivity index is 1.33. The van der Waals surface area contributed by atoms with Crippen LogP contribution in [0.25, 0.3) is 0 Å². The van der Waals surface area contributed by atoms with E-state index in [0.717, 1.165) is 39.1 Å². The molecule has 1 N–H and O–H groups in total. The van der Waals surface area contributed by atoms with Gasteiger partial charge in [-0.25, -0.2) is 9.78 Å². The highest BCUT2D eigenvalue weighted by molar-refractivity contribution is 5.89. The monoisotopic (exact) mass is 356 g/mol. The number of benzene rings is 1. The molecule has 0 atom stereocenters. The fourth-order valence-corrected chi connectivity index (χ4v) is 3.40. The van der Waals surface area contributed by atoms with Gasteiger partial charge in [-0.2, -0.15) is 0 Å². The molecule has 0 radical (unpaired) electrons. The van der Waals surface area contributed by atoms with E-state index < -0.39 is 0 Å². The van der Waals surface area contributed by atoms with Gasteiger partial charge in [-0.05, 0) is 56.6 Å². The lowest BCUT2D eigenvalue weighted by Crippen LogP contribution is -2.42. The molecule has 0 spiro atoms. The van der Waals surface area contributed by atoms with Crippen LogP contribution in [0.15, 0.2) is 43.0 Å². The van der Waals surface area contributed by atoms with Gasteiger partial charge in [0.05, 0.1) is 19.0 Å². The molecule has 6 heteroatoms. The Morgan fingerprint density at radius 2 is 2.04 bits per heavy atom. The van der Waals surface area contributed by atoms with Gasteiger partial charge in [0.25, 0.3) is 0 Å². The van der Waals surface area contributed by atoms with Gasteiger partial charge in [0.1, 0.15) is 0 Å². The molecule has 0 unspecified atom stereocenters.